The molecule has 3 rings (SSSR count). The maximum atomic E-state index is 13.3. The Hall–Kier alpha value is -3.26. The van der Waals surface area contributed by atoms with E-state index in [-0.39, 0.29) is 24.5 Å². The van der Waals surface area contributed by atoms with Crippen LogP contribution in [0.25, 0.3) is 0 Å². The van der Waals surface area contributed by atoms with Crippen molar-refractivity contribution in [3.8, 4) is 11.5 Å². The van der Waals surface area contributed by atoms with Crippen molar-refractivity contribution < 1.29 is 51.2 Å². The molecule has 1 fully saturated rings. The third kappa shape index (κ3) is 10.4. The molecule has 0 unspecified atom stereocenters. The minimum Gasteiger partial charge on any atom is -0.406 e. The van der Waals surface area contributed by atoms with Crippen LogP contribution in [0.15, 0.2) is 48.5 Å². The topological polar surface area (TPSA) is 154 Å². The summed E-state index contributed by atoms with van der Waals surface area (Å²) in [6, 6.07) is 8.80. The number of rotatable bonds is 10. The van der Waals surface area contributed by atoms with Gasteiger partial charge in [0.1, 0.15) is 23.6 Å². The molecule has 4 N–H and O–H groups in total. The lowest BCUT2D eigenvalue weighted by Crippen LogP contribution is -2.55. The van der Waals surface area contributed by atoms with Crippen molar-refractivity contribution in [2.75, 3.05) is 18.1 Å². The van der Waals surface area contributed by atoms with Gasteiger partial charge in [-0.2, -0.15) is 11.8 Å². The number of alkyl halides is 3. The maximum Gasteiger partial charge on any atom is 0.573 e. The molecule has 16 heteroatoms. The summed E-state index contributed by atoms with van der Waals surface area (Å²) in [5.41, 5.74) is 0.950. The maximum absolute atomic E-state index is 13.3. The molecule has 2 aromatic rings. The fourth-order valence-corrected chi connectivity index (χ4v) is 5.26. The van der Waals surface area contributed by atoms with Gasteiger partial charge in [-0.1, -0.05) is 24.3 Å². The van der Waals surface area contributed by atoms with Gasteiger partial charge in [0.05, 0.1) is 0 Å². The second-order valence-electron chi connectivity index (χ2n) is 8.77. The van der Waals surface area contributed by atoms with E-state index in [0.29, 0.717) is 23.4 Å². The first-order valence-electron chi connectivity index (χ1n) is 11.8. The SMILES string of the molecule is CC(=O)N[C@@H](Cc1ccc(OP(=O)(O)O)cc1)C(=O)N[C@H]1CSCCN(Cc2cccc(OC(F)(F)F)c2)C1=O. The molecule has 1 aliphatic heterocycles. The van der Waals surface area contributed by atoms with E-state index in [2.05, 4.69) is 19.9 Å². The Morgan fingerprint density at radius 2 is 1.85 bits per heavy atom. The van der Waals surface area contributed by atoms with E-state index < -0.39 is 49.7 Å². The van der Waals surface area contributed by atoms with Crippen LogP contribution in [0.1, 0.15) is 18.1 Å². The summed E-state index contributed by atoms with van der Waals surface area (Å²) in [6.07, 6.45) is -4.85. The molecule has 0 aliphatic carbocycles. The average Bonchev–Trinajstić information content (AvgIpc) is 2.99. The highest BCUT2D eigenvalue weighted by atomic mass is 32.2. The van der Waals surface area contributed by atoms with Gasteiger partial charge in [0.2, 0.25) is 17.7 Å². The first kappa shape index (κ1) is 31.3. The second kappa shape index (κ2) is 13.4. The van der Waals surface area contributed by atoms with Gasteiger partial charge in [0.25, 0.3) is 0 Å². The Bertz CT molecular complexity index is 1260. The highest BCUT2D eigenvalue weighted by Crippen LogP contribution is 2.37. The van der Waals surface area contributed by atoms with Crippen LogP contribution in [-0.2, 0) is 31.9 Å². The van der Waals surface area contributed by atoms with Crippen LogP contribution in [0.4, 0.5) is 13.2 Å². The quantitative estimate of drug-likeness (QED) is 0.299. The molecule has 2 atom stereocenters. The molecule has 218 valence electrons. The van der Waals surface area contributed by atoms with Crippen LogP contribution in [0.2, 0.25) is 0 Å². The van der Waals surface area contributed by atoms with Crippen LogP contribution in [0, 0.1) is 0 Å². The van der Waals surface area contributed by atoms with Crippen molar-refractivity contribution in [2.24, 2.45) is 0 Å². The van der Waals surface area contributed by atoms with Crippen LogP contribution in [0.3, 0.4) is 0 Å². The number of carbonyl (C=O) groups excluding carboxylic acids is 3. The third-order valence-corrected chi connectivity index (χ3v) is 6.99. The summed E-state index contributed by atoms with van der Waals surface area (Å²) in [6.45, 7) is 1.53. The second-order valence-corrected chi connectivity index (χ2v) is 11.1. The number of benzene rings is 2. The number of nitrogens with one attached hydrogen (secondary N) is 2. The minimum absolute atomic E-state index is 0.00102. The molecule has 0 radical (unpaired) electrons. The lowest BCUT2D eigenvalue weighted by molar-refractivity contribution is -0.274. The first-order chi connectivity index (χ1) is 18.7. The summed E-state index contributed by atoms with van der Waals surface area (Å²) in [5.74, 6) is -1.27. The fraction of sp³-hybridized carbons (Fsp3) is 0.375. The van der Waals surface area contributed by atoms with E-state index in [1.165, 1.54) is 60.0 Å². The summed E-state index contributed by atoms with van der Waals surface area (Å²) in [5, 5.41) is 5.20. The summed E-state index contributed by atoms with van der Waals surface area (Å²) in [4.78, 5) is 57.5. The van der Waals surface area contributed by atoms with Crippen LogP contribution in [-0.4, -0.2) is 68.9 Å². The van der Waals surface area contributed by atoms with Gasteiger partial charge in [0.15, 0.2) is 0 Å². The predicted octanol–water partition coefficient (Wildman–Crippen LogP) is 2.36. The van der Waals surface area contributed by atoms with Gasteiger partial charge in [-0.3, -0.25) is 24.2 Å². The number of carbonyl (C=O) groups is 3. The molecule has 2 aromatic carbocycles. The summed E-state index contributed by atoms with van der Waals surface area (Å²) >= 11 is 1.41. The molecule has 1 saturated heterocycles. The van der Waals surface area contributed by atoms with Gasteiger partial charge in [-0.15, -0.1) is 13.2 Å². The highest BCUT2D eigenvalue weighted by Gasteiger charge is 2.33. The van der Waals surface area contributed by atoms with Gasteiger partial charge in [-0.25, -0.2) is 4.57 Å². The zero-order valence-corrected chi connectivity index (χ0v) is 22.8. The zero-order chi connectivity index (χ0) is 29.5. The van der Waals surface area contributed by atoms with E-state index in [4.69, 9.17) is 9.79 Å². The van der Waals surface area contributed by atoms with E-state index in [9.17, 15) is 32.1 Å². The van der Waals surface area contributed by atoms with Crippen molar-refractivity contribution in [3.63, 3.8) is 0 Å². The average molecular weight is 606 g/mol. The highest BCUT2D eigenvalue weighted by molar-refractivity contribution is 7.99. The number of thioether (sulfide) groups is 1. The Morgan fingerprint density at radius 1 is 1.15 bits per heavy atom. The first-order valence-corrected chi connectivity index (χ1v) is 14.5. The van der Waals surface area contributed by atoms with E-state index in [0.717, 1.165) is 6.07 Å². The normalized spacial score (nSPS) is 17.0. The van der Waals surface area contributed by atoms with Crippen LogP contribution in [0.5, 0.6) is 11.5 Å². The molecule has 0 bridgehead atoms. The standard InChI is InChI=1S/C24H27F3N3O8PS/c1-15(31)28-20(12-16-5-7-18(8-6-16)38-39(34,35)36)22(32)29-21-14-40-10-9-30(23(21)33)13-17-3-2-4-19(11-17)37-24(25,26)27/h2-8,11,20-21H,9-10,12-14H2,1H3,(H,28,31)(H,29,32)(H2,34,35,36)/t20-,21-/m0/s1. The molecule has 1 aliphatic rings. The smallest absolute Gasteiger partial charge is 0.406 e. The zero-order valence-electron chi connectivity index (χ0n) is 21.1. The molecule has 1 heterocycles. The number of phosphoric ester groups is 1. The summed E-state index contributed by atoms with van der Waals surface area (Å²) < 4.78 is 57.2. The van der Waals surface area contributed by atoms with Gasteiger partial charge in [0, 0.05) is 37.9 Å². The molecular formula is C24H27F3N3O8PS. The Labute approximate surface area is 231 Å². The molecule has 0 aromatic heterocycles. The lowest BCUT2D eigenvalue weighted by Gasteiger charge is -2.26. The van der Waals surface area contributed by atoms with Gasteiger partial charge in [-0.05, 0) is 35.4 Å². The Kier molecular flexibility index (Phi) is 10.5. The third-order valence-electron chi connectivity index (χ3n) is 5.50. The van der Waals surface area contributed by atoms with Crippen molar-refractivity contribution in [2.45, 2.75) is 38.3 Å². The minimum atomic E-state index is -4.85. The van der Waals surface area contributed by atoms with E-state index in [1.807, 2.05) is 0 Å². The van der Waals surface area contributed by atoms with Crippen molar-refractivity contribution in [1.82, 2.24) is 15.5 Å². The summed E-state index contributed by atoms with van der Waals surface area (Å²) in [7, 11) is -4.74. The van der Waals surface area contributed by atoms with Gasteiger partial charge >= 0.3 is 14.2 Å². The van der Waals surface area contributed by atoms with Crippen molar-refractivity contribution >= 4 is 37.3 Å². The van der Waals surface area contributed by atoms with Crippen LogP contribution >= 0.6 is 19.6 Å². The van der Waals surface area contributed by atoms with Crippen LogP contribution < -0.4 is 19.9 Å². The lowest BCUT2D eigenvalue weighted by atomic mass is 10.0. The number of ether oxygens (including phenoxy) is 1. The molecule has 40 heavy (non-hydrogen) atoms. The van der Waals surface area contributed by atoms with Gasteiger partial charge < -0.3 is 24.8 Å². The Morgan fingerprint density at radius 3 is 2.48 bits per heavy atom. The fourth-order valence-electron chi connectivity index (χ4n) is 3.89. The monoisotopic (exact) mass is 605 g/mol. The molecule has 11 nitrogen and oxygen atoms in total. The van der Waals surface area contributed by atoms with Crippen molar-refractivity contribution in [1.29, 1.82) is 0 Å². The van der Waals surface area contributed by atoms with E-state index >= 15 is 0 Å². The number of nitrogens with zero attached hydrogens (tertiary/aromatic N) is 1. The number of halogens is 3. The number of hydrogen-bond acceptors (Lipinski definition) is 7. The number of amides is 3. The predicted molar refractivity (Wildman–Crippen MR) is 138 cm³/mol. The molecular weight excluding hydrogens is 578 g/mol. The Balaban J connectivity index is 1.69. The number of hydrogen-bond donors (Lipinski definition) is 4. The molecule has 3 amide bonds. The van der Waals surface area contributed by atoms with E-state index in [1.54, 1.807) is 6.07 Å². The molecule has 0 spiro atoms. The molecule has 0 saturated carbocycles. The number of phosphoric acid groups is 1. The largest absolute Gasteiger partial charge is 0.573 e. The van der Waals surface area contributed by atoms with Crippen molar-refractivity contribution in [3.05, 3.63) is 59.7 Å².